The summed E-state index contributed by atoms with van der Waals surface area (Å²) in [5.74, 6) is -10.9. The van der Waals surface area contributed by atoms with Crippen molar-refractivity contribution in [3.8, 4) is 11.1 Å². The number of carbonyl (C=O) groups is 14. The maximum atomic E-state index is 15.7. The van der Waals surface area contributed by atoms with Gasteiger partial charge in [-0.15, -0.1) is 0 Å². The molecule has 3 aliphatic rings. The molecule has 3 heterocycles. The van der Waals surface area contributed by atoms with Gasteiger partial charge in [-0.2, -0.15) is 0 Å². The molecule has 141 heavy (non-hydrogen) atoms. The number of unbranched alkanes of at least 4 members (excludes halogenated alkanes) is 1. The number of likely N-dealkylation sites (tertiary alicyclic amines) is 3. The smallest absolute Gasteiger partial charge is 0.246 e. The van der Waals surface area contributed by atoms with E-state index in [-0.39, 0.29) is 159 Å². The van der Waals surface area contributed by atoms with Crippen molar-refractivity contribution in [2.45, 2.75) is 235 Å². The summed E-state index contributed by atoms with van der Waals surface area (Å²) in [7, 11) is 0. The first-order valence-corrected chi connectivity index (χ1v) is 48.8. The fourth-order valence-corrected chi connectivity index (χ4v) is 17.8. The molecule has 7 aromatic rings. The fraction of sp³-hybridized carbons (Fsp3) is 0.442. The first-order chi connectivity index (χ1) is 67.8. The van der Waals surface area contributed by atoms with E-state index in [0.29, 0.717) is 77.7 Å². The molecule has 14 atom stereocenters. The summed E-state index contributed by atoms with van der Waals surface area (Å²) in [6.07, 6.45) is 2.99. The summed E-state index contributed by atoms with van der Waals surface area (Å²) in [5, 5.41) is 52.5. The van der Waals surface area contributed by atoms with Gasteiger partial charge in [0.25, 0.3) is 0 Å². The molecule has 14 amide bonds. The molecule has 0 spiro atoms. The van der Waals surface area contributed by atoms with Crippen molar-refractivity contribution in [3.63, 3.8) is 0 Å². The number of hydrogen-bond acceptors (Lipinski definition) is 19. The van der Waals surface area contributed by atoms with E-state index < -0.39 is 161 Å². The zero-order chi connectivity index (χ0) is 101. The molecule has 0 unspecified atom stereocenters. The van der Waals surface area contributed by atoms with Gasteiger partial charge in [-0.3, -0.25) is 77.9 Å². The maximum Gasteiger partial charge on any atom is 0.246 e. The summed E-state index contributed by atoms with van der Waals surface area (Å²) < 4.78 is 0. The Bertz CT molecular complexity index is 5340. The van der Waals surface area contributed by atoms with Crippen molar-refractivity contribution in [2.24, 2.45) is 34.8 Å². The molecule has 37 nitrogen and oxygen atoms in total. The van der Waals surface area contributed by atoms with Gasteiger partial charge in [0.15, 0.2) is 11.9 Å². The van der Waals surface area contributed by atoms with E-state index in [1.54, 1.807) is 152 Å². The summed E-state index contributed by atoms with van der Waals surface area (Å²) in [4.78, 5) is 212. The molecule has 3 aliphatic heterocycles. The summed E-state index contributed by atoms with van der Waals surface area (Å²) in [6, 6.07) is 42.7. The van der Waals surface area contributed by atoms with Crippen LogP contribution in [0.25, 0.3) is 11.1 Å². The van der Waals surface area contributed by atoms with Crippen molar-refractivity contribution >= 4 is 106 Å². The third-order valence-electron chi connectivity index (χ3n) is 25.6. The molecule has 0 aliphatic carbocycles. The lowest BCUT2D eigenvalue weighted by molar-refractivity contribution is -0.143. The molecular weight excluding hydrogens is 1800 g/mol. The van der Waals surface area contributed by atoms with Gasteiger partial charge in [-0.05, 0) is 171 Å². The lowest BCUT2D eigenvalue weighted by Gasteiger charge is -2.32. The van der Waals surface area contributed by atoms with Crippen molar-refractivity contribution < 1.29 is 67.1 Å². The Labute approximate surface area is 823 Å². The van der Waals surface area contributed by atoms with Gasteiger partial charge in [0.05, 0.1) is 6.54 Å². The zero-order valence-corrected chi connectivity index (χ0v) is 80.7. The minimum atomic E-state index is -1.41. The predicted molar refractivity (Wildman–Crippen MR) is 538 cm³/mol. The highest BCUT2D eigenvalue weighted by atomic mass is 16.2. The number of carbonyl (C=O) groups excluding carboxylic acids is 14. The lowest BCUT2D eigenvalue weighted by Crippen LogP contribution is -2.61. The second kappa shape index (κ2) is 55.1. The van der Waals surface area contributed by atoms with E-state index in [2.05, 4.69) is 69.1 Å². The highest BCUT2D eigenvalue weighted by Crippen LogP contribution is 2.28. The first kappa shape index (κ1) is 108. The fourth-order valence-electron chi connectivity index (χ4n) is 17.8. The molecule has 754 valence electrons. The highest BCUT2D eigenvalue weighted by molar-refractivity contribution is 6.01. The van der Waals surface area contributed by atoms with Crippen molar-refractivity contribution in [1.29, 1.82) is 10.8 Å². The van der Waals surface area contributed by atoms with Crippen molar-refractivity contribution in [2.75, 3.05) is 56.9 Å². The van der Waals surface area contributed by atoms with Gasteiger partial charge in [0.2, 0.25) is 82.7 Å². The van der Waals surface area contributed by atoms with Crippen LogP contribution in [-0.4, -0.2) is 234 Å². The molecule has 0 saturated carbocycles. The number of amides is 14. The molecule has 25 N–H and O–H groups in total. The Balaban J connectivity index is 0.841. The molecule has 3 saturated heterocycles. The summed E-state index contributed by atoms with van der Waals surface area (Å²) >= 11 is 0. The maximum absolute atomic E-state index is 15.7. The average molecular weight is 1940 g/mol. The number of nitrogen functional groups attached to an aromatic ring is 1. The largest absolute Gasteiger partial charge is 0.399 e. The first-order valence-electron chi connectivity index (χ1n) is 48.8. The zero-order valence-electron chi connectivity index (χ0n) is 80.7. The molecule has 7 aromatic carbocycles. The lowest BCUT2D eigenvalue weighted by atomic mass is 9.96. The van der Waals surface area contributed by atoms with Crippen LogP contribution in [0.5, 0.6) is 0 Å². The third kappa shape index (κ3) is 33.8. The van der Waals surface area contributed by atoms with Crippen molar-refractivity contribution in [1.82, 2.24) is 78.5 Å². The Hall–Kier alpha value is -14.8. The van der Waals surface area contributed by atoms with Crippen LogP contribution in [0.15, 0.2) is 200 Å². The Kier molecular flexibility index (Phi) is 42.3. The highest BCUT2D eigenvalue weighted by Gasteiger charge is 2.45. The Morgan fingerprint density at radius 3 is 1.04 bits per heavy atom. The van der Waals surface area contributed by atoms with Crippen LogP contribution in [-0.2, 0) is 99.2 Å². The van der Waals surface area contributed by atoms with Gasteiger partial charge in [0.1, 0.15) is 78.5 Å². The van der Waals surface area contributed by atoms with Gasteiger partial charge < -0.3 is 112 Å². The van der Waals surface area contributed by atoms with Crippen molar-refractivity contribution in [3.05, 3.63) is 228 Å². The van der Waals surface area contributed by atoms with Gasteiger partial charge >= 0.3 is 0 Å². The molecule has 0 radical (unpaired) electrons. The Morgan fingerprint density at radius 1 is 0.369 bits per heavy atom. The van der Waals surface area contributed by atoms with E-state index in [1.807, 2.05) is 76.2 Å². The van der Waals surface area contributed by atoms with Gasteiger partial charge in [0, 0.05) is 76.2 Å². The number of primary amides is 1. The number of hydrogen-bond donors (Lipinski definition) is 20. The van der Waals surface area contributed by atoms with Crippen LogP contribution >= 0.6 is 0 Å². The number of anilines is 2. The molecule has 3 fully saturated rings. The summed E-state index contributed by atoms with van der Waals surface area (Å²) in [6.45, 7) is 8.14. The SMILES string of the molecule is CC[C@H](C)[C@H](NC(=O)CNc1ccc(-c2ccc(N)cc2)cc1)C(=O)N[C@@H](CC(C)C)C(=O)N1CCC[C@H]1C(=O)N[C@@H](Cc1ccccc1)C(=O)N[C@@H](CCCCN)C(=O)N[C@@H](Cc1ccccc1)C(=O)N1CCC[C@H]1C(=O)N[C@@H](Cc1ccccc1)C(=O)N[C@@H](Cc1ccccc1)C(=O)N1CCC[C@H]1C(=O)N[C@@H](Cc1ccccc1)C(=O)N[C@@H](CCCNC(=N)N)C(=O)N[C@@H](CCCNC(=N)N)C(N)=O. The van der Waals surface area contributed by atoms with Gasteiger partial charge in [-0.1, -0.05) is 210 Å². The molecule has 0 aromatic heterocycles. The second-order valence-electron chi connectivity index (χ2n) is 36.8. The number of guanidine groups is 2. The van der Waals surface area contributed by atoms with E-state index in [1.165, 1.54) is 14.7 Å². The van der Waals surface area contributed by atoms with Crippen LogP contribution in [0.3, 0.4) is 0 Å². The molecule has 37 heteroatoms. The van der Waals surface area contributed by atoms with Crippen LogP contribution in [0.4, 0.5) is 11.4 Å². The third-order valence-corrected chi connectivity index (χ3v) is 25.6. The monoisotopic (exact) mass is 1930 g/mol. The number of nitrogens with zero attached hydrogens (tertiary/aromatic N) is 3. The van der Waals surface area contributed by atoms with Crippen LogP contribution in [0.1, 0.15) is 152 Å². The van der Waals surface area contributed by atoms with Crippen LogP contribution in [0, 0.1) is 22.7 Å². The predicted octanol–water partition coefficient (Wildman–Crippen LogP) is 3.62. The minimum absolute atomic E-state index is 0.0205. The summed E-state index contributed by atoms with van der Waals surface area (Å²) in [5.41, 5.74) is 35.0. The van der Waals surface area contributed by atoms with E-state index in [4.69, 9.17) is 39.5 Å². The minimum Gasteiger partial charge on any atom is -0.399 e. The second-order valence-corrected chi connectivity index (χ2v) is 36.8. The van der Waals surface area contributed by atoms with Gasteiger partial charge in [-0.25, -0.2) is 0 Å². The van der Waals surface area contributed by atoms with E-state index in [0.717, 1.165) is 11.1 Å². The van der Waals surface area contributed by atoms with Crippen LogP contribution < -0.4 is 97.8 Å². The number of rotatable bonds is 53. The molecule has 0 bridgehead atoms. The van der Waals surface area contributed by atoms with Crippen LogP contribution in [0.2, 0.25) is 0 Å². The number of benzene rings is 7. The number of nitrogens with two attached hydrogens (primary N) is 5. The average Bonchev–Trinajstić information content (AvgIpc) is 1.75. The normalized spacial score (nSPS) is 16.7. The topological polar surface area (TPSA) is 583 Å². The standard InChI is InChI=1S/C104H139N23O14/c1-5-66(4)89(124-88(128)64-114-75-50-46-73(47-51-75)72-44-48-74(106)49-45-72)99(138)123-82(58-65(2)3)100(139)125-55-25-41-85(125)96(135)118-79(59-67-28-11-6-12-29-67)93(132)116-77(38-21-22-52-105)92(131)121-83(62-70-34-17-9-18-35-70)101(140)126-56-26-43-87(126)98(137)120-81(61-69-32-15-8-16-33-69)95(134)122-84(63-71-36-19-10-20-37-71)102(141)127-57-27-42-86(127)97(136)119-80(60-68-30-13-7-14-31-68)94(133)117-78(40-24-54-113-104(110)111)91(130)115-76(90(107)129)39-23-53-112-103(108)109/h6-20,28-37,44-51,65-66,76-87,89,114H,5,21-27,38-43,52-64,105-106H2,1-4H3,(H2,107,129)(H,115,130)(H,116,132)(H,117,133)(H,118,135)(H,119,136)(H,120,137)(H,121,131)(H,122,134)(H,123,138)(H,124,128)(H4,108,109,112)(H4,110,111,113)/t66-,76-,77-,78-,79-,80-,81-,82-,83-,84-,85-,86-,87-,89-/m0/s1. The number of nitrogens with one attached hydrogen (secondary N) is 15. The van der Waals surface area contributed by atoms with E-state index in [9.17, 15) is 24.0 Å². The molecular formula is C104H139N23O14. The quantitative estimate of drug-likeness (QED) is 0.0112. The molecule has 10 rings (SSSR count). The Morgan fingerprint density at radius 2 is 0.688 bits per heavy atom. The van der Waals surface area contributed by atoms with E-state index >= 15 is 43.2 Å².